The Hall–Kier alpha value is -2.34. The third-order valence-electron chi connectivity index (χ3n) is 4.65. The van der Waals surface area contributed by atoms with E-state index in [-0.39, 0.29) is 18.4 Å². The first-order valence-electron chi connectivity index (χ1n) is 9.91. The number of hydrogen-bond donors (Lipinski definition) is 1. The van der Waals surface area contributed by atoms with Gasteiger partial charge in [-0.3, -0.25) is 9.59 Å². The van der Waals surface area contributed by atoms with E-state index in [1.165, 1.54) is 0 Å². The van der Waals surface area contributed by atoms with E-state index in [1.807, 2.05) is 43.3 Å². The summed E-state index contributed by atoms with van der Waals surface area (Å²) in [5.74, 6) is 0.228. The van der Waals surface area contributed by atoms with Gasteiger partial charge in [-0.25, -0.2) is 0 Å². The number of rotatable bonds is 10. The maximum atomic E-state index is 12.9. The van der Waals surface area contributed by atoms with Gasteiger partial charge in [-0.05, 0) is 50.1 Å². The number of benzene rings is 2. The third-order valence-corrected chi connectivity index (χ3v) is 5.17. The molecule has 0 saturated heterocycles. The molecule has 0 spiro atoms. The molecule has 0 bridgehead atoms. The zero-order valence-corrected chi connectivity index (χ0v) is 18.9. The second-order valence-corrected chi connectivity index (χ2v) is 7.99. The monoisotopic (exact) mass is 460 g/mol. The topological polar surface area (TPSA) is 58.6 Å². The van der Waals surface area contributed by atoms with Gasteiger partial charge in [0.25, 0.3) is 5.91 Å². The van der Waals surface area contributed by atoms with E-state index >= 15 is 0 Å². The molecule has 0 fully saturated rings. The van der Waals surface area contributed by atoms with Crippen LogP contribution in [0.15, 0.2) is 53.0 Å². The first kappa shape index (κ1) is 22.9. The molecule has 0 aliphatic rings. The summed E-state index contributed by atoms with van der Waals surface area (Å²) in [6.45, 7) is 6.69. The standard InChI is InChI=1S/C23H29BrN2O3/c1-4-5-14-25-23(28)18(3)26(15-19-8-6-17(2)7-9-19)22(27)16-29-21-12-10-20(24)11-13-21/h6-13,18H,4-5,14-16H2,1-3H3,(H,25,28)/t18-/m1/s1. The zero-order valence-electron chi connectivity index (χ0n) is 17.3. The molecule has 0 radical (unpaired) electrons. The number of nitrogens with zero attached hydrogens (tertiary/aromatic N) is 1. The molecule has 0 heterocycles. The average Bonchev–Trinajstić information content (AvgIpc) is 2.72. The number of amides is 2. The second-order valence-electron chi connectivity index (χ2n) is 7.07. The van der Waals surface area contributed by atoms with E-state index in [2.05, 4.69) is 28.2 Å². The molecule has 6 heteroatoms. The number of ether oxygens (including phenoxy) is 1. The van der Waals surface area contributed by atoms with Crippen LogP contribution in [0.25, 0.3) is 0 Å². The van der Waals surface area contributed by atoms with Crippen LogP contribution in [0, 0.1) is 6.92 Å². The van der Waals surface area contributed by atoms with Crippen molar-refractivity contribution < 1.29 is 14.3 Å². The first-order chi connectivity index (χ1) is 13.9. The number of halogens is 1. The van der Waals surface area contributed by atoms with Gasteiger partial charge in [-0.2, -0.15) is 0 Å². The summed E-state index contributed by atoms with van der Waals surface area (Å²) in [4.78, 5) is 27.1. The van der Waals surface area contributed by atoms with Gasteiger partial charge in [0.1, 0.15) is 11.8 Å². The van der Waals surface area contributed by atoms with Gasteiger partial charge in [0.2, 0.25) is 5.91 Å². The Morgan fingerprint density at radius 2 is 1.76 bits per heavy atom. The van der Waals surface area contributed by atoms with E-state index < -0.39 is 6.04 Å². The quantitative estimate of drug-likeness (QED) is 0.532. The fourth-order valence-corrected chi connectivity index (χ4v) is 3.03. The predicted octanol–water partition coefficient (Wildman–Crippen LogP) is 4.47. The lowest BCUT2D eigenvalue weighted by Crippen LogP contribution is -2.49. The number of aryl methyl sites for hydroxylation is 1. The van der Waals surface area contributed by atoms with Crippen LogP contribution in [0.2, 0.25) is 0 Å². The second kappa shape index (κ2) is 11.6. The highest BCUT2D eigenvalue weighted by Crippen LogP contribution is 2.17. The fourth-order valence-electron chi connectivity index (χ4n) is 2.77. The van der Waals surface area contributed by atoms with Crippen LogP contribution in [0.3, 0.4) is 0 Å². The van der Waals surface area contributed by atoms with Gasteiger partial charge < -0.3 is 15.0 Å². The zero-order chi connectivity index (χ0) is 21.2. The SMILES string of the molecule is CCCCNC(=O)[C@@H](C)N(Cc1ccc(C)cc1)C(=O)COc1ccc(Br)cc1. The summed E-state index contributed by atoms with van der Waals surface area (Å²) < 4.78 is 6.58. The molecule has 2 amide bonds. The van der Waals surface area contributed by atoms with Crippen molar-refractivity contribution in [1.29, 1.82) is 0 Å². The molecule has 0 saturated carbocycles. The molecule has 2 aromatic rings. The summed E-state index contributed by atoms with van der Waals surface area (Å²) >= 11 is 3.38. The molecule has 156 valence electrons. The lowest BCUT2D eigenvalue weighted by molar-refractivity contribution is -0.142. The van der Waals surface area contributed by atoms with Gasteiger partial charge in [-0.1, -0.05) is 59.1 Å². The number of unbranched alkanes of at least 4 members (excludes halogenated alkanes) is 1. The molecular formula is C23H29BrN2O3. The Bertz CT molecular complexity index is 791. The smallest absolute Gasteiger partial charge is 0.261 e. The molecule has 0 aliphatic heterocycles. The summed E-state index contributed by atoms with van der Waals surface area (Å²) in [6.07, 6.45) is 1.92. The van der Waals surface area contributed by atoms with Gasteiger partial charge in [0.05, 0.1) is 0 Å². The van der Waals surface area contributed by atoms with Crippen LogP contribution in [-0.4, -0.2) is 35.9 Å². The molecule has 0 aromatic heterocycles. The molecule has 1 atom stereocenters. The van der Waals surface area contributed by atoms with E-state index in [0.29, 0.717) is 18.8 Å². The molecule has 2 aromatic carbocycles. The van der Waals surface area contributed by atoms with Crippen molar-refractivity contribution in [2.24, 2.45) is 0 Å². The van der Waals surface area contributed by atoms with E-state index in [0.717, 1.165) is 28.4 Å². The Morgan fingerprint density at radius 1 is 1.10 bits per heavy atom. The van der Waals surface area contributed by atoms with Crippen molar-refractivity contribution in [3.05, 3.63) is 64.1 Å². The van der Waals surface area contributed by atoms with Gasteiger partial charge in [0.15, 0.2) is 6.61 Å². The highest BCUT2D eigenvalue weighted by Gasteiger charge is 2.26. The highest BCUT2D eigenvalue weighted by atomic mass is 79.9. The number of carbonyl (C=O) groups excluding carboxylic acids is 2. The number of hydrogen-bond acceptors (Lipinski definition) is 3. The Balaban J connectivity index is 2.08. The van der Waals surface area contributed by atoms with Crippen LogP contribution < -0.4 is 10.1 Å². The fraction of sp³-hybridized carbons (Fsp3) is 0.391. The van der Waals surface area contributed by atoms with Crippen molar-refractivity contribution in [2.45, 2.75) is 46.2 Å². The highest BCUT2D eigenvalue weighted by molar-refractivity contribution is 9.10. The largest absolute Gasteiger partial charge is 0.484 e. The molecule has 5 nitrogen and oxygen atoms in total. The van der Waals surface area contributed by atoms with Crippen molar-refractivity contribution in [1.82, 2.24) is 10.2 Å². The number of nitrogens with one attached hydrogen (secondary N) is 1. The summed E-state index contributed by atoms with van der Waals surface area (Å²) in [5.41, 5.74) is 2.12. The predicted molar refractivity (Wildman–Crippen MR) is 119 cm³/mol. The van der Waals surface area contributed by atoms with Crippen LogP contribution in [0.1, 0.15) is 37.8 Å². The van der Waals surface area contributed by atoms with E-state index in [9.17, 15) is 9.59 Å². The Labute approximate surface area is 181 Å². The third kappa shape index (κ3) is 7.54. The van der Waals surface area contributed by atoms with Gasteiger partial charge in [-0.15, -0.1) is 0 Å². The average molecular weight is 461 g/mol. The maximum absolute atomic E-state index is 12.9. The molecular weight excluding hydrogens is 432 g/mol. The minimum atomic E-state index is -0.589. The van der Waals surface area contributed by atoms with E-state index in [1.54, 1.807) is 24.0 Å². The summed E-state index contributed by atoms with van der Waals surface area (Å²) in [6, 6.07) is 14.7. The molecule has 2 rings (SSSR count). The maximum Gasteiger partial charge on any atom is 0.261 e. The summed E-state index contributed by atoms with van der Waals surface area (Å²) in [5, 5.41) is 2.91. The van der Waals surface area contributed by atoms with Crippen molar-refractivity contribution in [3.63, 3.8) is 0 Å². The van der Waals surface area contributed by atoms with Gasteiger partial charge >= 0.3 is 0 Å². The minimum Gasteiger partial charge on any atom is -0.484 e. The Kier molecular flexibility index (Phi) is 9.19. The lowest BCUT2D eigenvalue weighted by atomic mass is 10.1. The minimum absolute atomic E-state index is 0.125. The van der Waals surface area contributed by atoms with Crippen LogP contribution in [0.4, 0.5) is 0 Å². The van der Waals surface area contributed by atoms with E-state index in [4.69, 9.17) is 4.74 Å². The van der Waals surface area contributed by atoms with Crippen molar-refractivity contribution >= 4 is 27.7 Å². The lowest BCUT2D eigenvalue weighted by Gasteiger charge is -2.28. The van der Waals surface area contributed by atoms with Gasteiger partial charge in [0, 0.05) is 17.6 Å². The van der Waals surface area contributed by atoms with Crippen LogP contribution in [0.5, 0.6) is 5.75 Å². The molecule has 1 N–H and O–H groups in total. The first-order valence-corrected chi connectivity index (χ1v) is 10.7. The van der Waals surface area contributed by atoms with Crippen LogP contribution in [-0.2, 0) is 16.1 Å². The summed E-state index contributed by atoms with van der Waals surface area (Å²) in [7, 11) is 0. The van der Waals surface area contributed by atoms with Crippen molar-refractivity contribution in [2.75, 3.05) is 13.2 Å². The normalized spacial score (nSPS) is 11.6. The molecule has 0 unspecified atom stereocenters. The number of carbonyl (C=O) groups is 2. The molecule has 29 heavy (non-hydrogen) atoms. The molecule has 0 aliphatic carbocycles. The van der Waals surface area contributed by atoms with Crippen LogP contribution >= 0.6 is 15.9 Å². The van der Waals surface area contributed by atoms with Crippen molar-refractivity contribution in [3.8, 4) is 5.75 Å². The Morgan fingerprint density at radius 3 is 2.38 bits per heavy atom.